The zero-order valence-electron chi connectivity index (χ0n) is 33.8. The Labute approximate surface area is 368 Å². The number of hydrogen-bond acceptors (Lipinski definition) is 16. The molecule has 4 fully saturated rings. The molecule has 2 amide bonds. The molecule has 4 heterocycles. The number of aliphatic hydroxyl groups excluding tert-OH is 2. The first-order valence-electron chi connectivity index (χ1n) is 20.4. The average molecular weight is 931 g/mol. The maximum Gasteiger partial charge on any atom is 0.259 e. The SMILES string of the molecule is C=Cc1cnc(NC(=O)C(OC2CCOCC2)c2ccc(S(=O)(=O)C3CC3)cc2)s1.O=C(Nc1ncc(C(O)CO)s1)C(OC1CCOCC1)c1ccc(S(=O)(=O)C2CC2)cc1. The predicted octanol–water partition coefficient (Wildman–Crippen LogP) is 5.58. The van der Waals surface area contributed by atoms with Gasteiger partial charge in [-0.2, -0.15) is 0 Å². The monoisotopic (exact) mass is 930 g/mol. The number of benzene rings is 2. The van der Waals surface area contributed by atoms with Crippen LogP contribution in [0.1, 0.15) is 90.6 Å². The number of aliphatic hydroxyl groups is 2. The Morgan fingerprint density at radius 1 is 0.710 bits per heavy atom. The molecule has 3 atom stereocenters. The minimum atomic E-state index is -3.32. The minimum absolute atomic E-state index is 0.107. The quantitative estimate of drug-likeness (QED) is 0.101. The van der Waals surface area contributed by atoms with Crippen LogP contribution in [0, 0.1) is 0 Å². The lowest BCUT2D eigenvalue weighted by molar-refractivity contribution is -0.136. The van der Waals surface area contributed by atoms with Gasteiger partial charge >= 0.3 is 0 Å². The molecule has 2 aromatic carbocycles. The Hall–Kier alpha value is -3.96. The molecule has 0 radical (unpaired) electrons. The molecule has 2 aliphatic heterocycles. The van der Waals surface area contributed by atoms with Gasteiger partial charge in [-0.15, -0.1) is 0 Å². The van der Waals surface area contributed by atoms with Gasteiger partial charge in [0.1, 0.15) is 6.10 Å². The van der Waals surface area contributed by atoms with E-state index >= 15 is 0 Å². The van der Waals surface area contributed by atoms with Crippen molar-refractivity contribution < 1.29 is 55.6 Å². The summed E-state index contributed by atoms with van der Waals surface area (Å²) in [4.78, 5) is 36.2. The van der Waals surface area contributed by atoms with Gasteiger partial charge < -0.3 is 29.2 Å². The molecule has 0 spiro atoms. The molecule has 4 N–H and O–H groups in total. The summed E-state index contributed by atoms with van der Waals surface area (Å²) in [5.74, 6) is -0.794. The molecule has 62 heavy (non-hydrogen) atoms. The second-order valence-corrected chi connectivity index (χ2v) is 21.9. The molecule has 4 aliphatic rings. The minimum Gasteiger partial charge on any atom is -0.393 e. The molecular weight excluding hydrogens is 881 g/mol. The van der Waals surface area contributed by atoms with Gasteiger partial charge in [-0.1, -0.05) is 59.6 Å². The Balaban J connectivity index is 0.000000187. The van der Waals surface area contributed by atoms with Crippen molar-refractivity contribution in [2.75, 3.05) is 43.7 Å². The van der Waals surface area contributed by atoms with E-state index < -0.39 is 50.5 Å². The second-order valence-electron chi connectivity index (χ2n) is 15.3. The van der Waals surface area contributed by atoms with E-state index in [1.807, 2.05) is 0 Å². The van der Waals surface area contributed by atoms with Gasteiger partial charge in [0.2, 0.25) is 0 Å². The smallest absolute Gasteiger partial charge is 0.259 e. The number of sulfone groups is 2. The highest BCUT2D eigenvalue weighted by Crippen LogP contribution is 2.36. The summed E-state index contributed by atoms with van der Waals surface area (Å²) >= 11 is 2.38. The van der Waals surface area contributed by atoms with E-state index in [0.717, 1.165) is 16.2 Å². The fourth-order valence-electron chi connectivity index (χ4n) is 6.77. The van der Waals surface area contributed by atoms with E-state index in [0.29, 0.717) is 98.9 Å². The van der Waals surface area contributed by atoms with Crippen LogP contribution in [0.3, 0.4) is 0 Å². The van der Waals surface area contributed by atoms with Crippen molar-refractivity contribution in [3.8, 4) is 0 Å². The lowest BCUT2D eigenvalue weighted by Crippen LogP contribution is -2.31. The number of ether oxygens (including phenoxy) is 4. The highest BCUT2D eigenvalue weighted by molar-refractivity contribution is 7.92. The molecule has 2 aromatic heterocycles. The van der Waals surface area contributed by atoms with E-state index in [1.165, 1.54) is 29.7 Å². The zero-order valence-corrected chi connectivity index (χ0v) is 37.1. The van der Waals surface area contributed by atoms with Crippen LogP contribution in [-0.2, 0) is 48.2 Å². The number of nitrogens with zero attached hydrogens (tertiary/aromatic N) is 2. The predicted molar refractivity (Wildman–Crippen MR) is 232 cm³/mol. The van der Waals surface area contributed by atoms with Crippen LogP contribution in [0.15, 0.2) is 77.3 Å². The molecule has 3 unspecified atom stereocenters. The van der Waals surface area contributed by atoms with Crippen molar-refractivity contribution in [1.29, 1.82) is 0 Å². The topological polar surface area (TPSA) is 230 Å². The summed E-state index contributed by atoms with van der Waals surface area (Å²) in [7, 11) is -6.60. The standard InChI is InChI=1S/C21H26N2O7S2.C21H24N2O5S2/c24-12-17(25)18-11-22-21(31-18)23-20(26)19(30-14-7-9-29-10-8-14)13-1-3-15(4-2-13)32(27,28)16-5-6-16;1-2-16-13-22-21(29-16)23-20(24)19(28-15-9-11-27-12-10-15)14-3-5-17(6-4-14)30(25,26)18-7-8-18/h1-4,11,14,16-17,19,24-25H,5-10,12H2,(H,22,23,26);2-6,13,15,18-19H,1,7-12H2,(H,22,23,24). The van der Waals surface area contributed by atoms with Gasteiger partial charge in [-0.05, 0) is 86.8 Å². The van der Waals surface area contributed by atoms with Crippen molar-refractivity contribution in [3.05, 3.63) is 88.4 Å². The maximum absolute atomic E-state index is 13.1. The molecule has 16 nitrogen and oxygen atoms in total. The number of aromatic nitrogens is 2. The van der Waals surface area contributed by atoms with Crippen LogP contribution in [0.5, 0.6) is 0 Å². The molecule has 4 aromatic rings. The van der Waals surface area contributed by atoms with Crippen LogP contribution in [0.4, 0.5) is 10.3 Å². The Morgan fingerprint density at radius 2 is 1.13 bits per heavy atom. The van der Waals surface area contributed by atoms with E-state index in [4.69, 9.17) is 24.1 Å². The van der Waals surface area contributed by atoms with Crippen molar-refractivity contribution >= 4 is 70.5 Å². The zero-order chi connectivity index (χ0) is 43.9. The first-order valence-corrected chi connectivity index (χ1v) is 25.2. The molecule has 8 rings (SSSR count). The first-order chi connectivity index (χ1) is 29.8. The summed E-state index contributed by atoms with van der Waals surface area (Å²) in [5, 5.41) is 24.5. The molecule has 0 bridgehead atoms. The summed E-state index contributed by atoms with van der Waals surface area (Å²) in [5.41, 5.74) is 1.14. The number of rotatable bonds is 17. The molecule has 334 valence electrons. The molecular formula is C42H50N4O12S4. The van der Waals surface area contributed by atoms with E-state index in [9.17, 15) is 31.5 Å². The van der Waals surface area contributed by atoms with Gasteiger partial charge in [0.25, 0.3) is 11.8 Å². The van der Waals surface area contributed by atoms with Crippen LogP contribution < -0.4 is 10.6 Å². The van der Waals surface area contributed by atoms with Crippen molar-refractivity contribution in [1.82, 2.24) is 9.97 Å². The number of thiazole rings is 2. The first kappa shape index (κ1) is 46.0. The van der Waals surface area contributed by atoms with Crippen molar-refractivity contribution in [2.45, 2.75) is 102 Å². The van der Waals surface area contributed by atoms with Crippen LogP contribution in [0.2, 0.25) is 0 Å². The average Bonchev–Trinajstić information content (AvgIpc) is 4.24. The number of hydrogen-bond donors (Lipinski definition) is 4. The highest BCUT2D eigenvalue weighted by atomic mass is 32.2. The Morgan fingerprint density at radius 3 is 1.52 bits per heavy atom. The van der Waals surface area contributed by atoms with Gasteiger partial charge in [-0.25, -0.2) is 26.8 Å². The van der Waals surface area contributed by atoms with Crippen molar-refractivity contribution in [2.24, 2.45) is 0 Å². The van der Waals surface area contributed by atoms with Crippen molar-refractivity contribution in [3.63, 3.8) is 0 Å². The van der Waals surface area contributed by atoms with Crippen LogP contribution in [-0.4, -0.2) is 105 Å². The normalized spacial score (nSPS) is 19.1. The number of nitrogens with one attached hydrogen (secondary N) is 2. The molecule has 2 aliphatic carbocycles. The van der Waals surface area contributed by atoms with Gasteiger partial charge in [0.15, 0.2) is 42.1 Å². The summed E-state index contributed by atoms with van der Waals surface area (Å²) < 4.78 is 72.9. The Kier molecular flexibility index (Phi) is 15.4. The van der Waals surface area contributed by atoms with E-state index in [-0.39, 0.29) is 43.5 Å². The summed E-state index contributed by atoms with van der Waals surface area (Å²) in [6.07, 6.45) is 7.03. The van der Waals surface area contributed by atoms with Crippen LogP contribution in [0.25, 0.3) is 6.08 Å². The van der Waals surface area contributed by atoms with Gasteiger partial charge in [0, 0.05) is 43.7 Å². The molecule has 20 heteroatoms. The number of amides is 2. The summed E-state index contributed by atoms with van der Waals surface area (Å²) in [6, 6.07) is 12.7. The third-order valence-electron chi connectivity index (χ3n) is 10.6. The summed E-state index contributed by atoms with van der Waals surface area (Å²) in [6.45, 7) is 5.53. The van der Waals surface area contributed by atoms with Gasteiger partial charge in [0.05, 0.1) is 44.0 Å². The lowest BCUT2D eigenvalue weighted by Gasteiger charge is -2.27. The fraction of sp³-hybridized carbons (Fsp3) is 0.476. The van der Waals surface area contributed by atoms with Crippen LogP contribution >= 0.6 is 22.7 Å². The molecule has 2 saturated heterocycles. The third kappa shape index (κ3) is 11.8. The fourth-order valence-corrected chi connectivity index (χ4v) is 11.5. The Bertz CT molecular complexity index is 2370. The number of carbonyl (C=O) groups is 2. The number of carbonyl (C=O) groups excluding carboxylic acids is 2. The largest absolute Gasteiger partial charge is 0.393 e. The maximum atomic E-state index is 13.1. The highest BCUT2D eigenvalue weighted by Gasteiger charge is 2.38. The molecule has 2 saturated carbocycles. The third-order valence-corrected chi connectivity index (χ3v) is 17.1. The lowest BCUT2D eigenvalue weighted by atomic mass is 10.1. The number of anilines is 2. The van der Waals surface area contributed by atoms with Gasteiger partial charge in [-0.3, -0.25) is 20.2 Å². The van der Waals surface area contributed by atoms with E-state index in [1.54, 1.807) is 48.7 Å². The second kappa shape index (κ2) is 20.7. The van der Waals surface area contributed by atoms with E-state index in [2.05, 4.69) is 27.2 Å².